The third kappa shape index (κ3) is 3.61. The molecule has 0 saturated heterocycles. The van der Waals surface area contributed by atoms with Crippen LogP contribution in [0.3, 0.4) is 0 Å². The molecular weight excluding hydrogens is 234 g/mol. The van der Waals surface area contributed by atoms with E-state index in [0.29, 0.717) is 18.7 Å². The lowest BCUT2D eigenvalue weighted by atomic mass is 10.2. The molecule has 1 N–H and O–H groups in total. The van der Waals surface area contributed by atoms with Crippen molar-refractivity contribution < 1.29 is 9.90 Å². The Morgan fingerprint density at radius 3 is 2.82 bits per heavy atom. The van der Waals surface area contributed by atoms with Crippen molar-refractivity contribution in [3.05, 3.63) is 42.5 Å². The number of aliphatic hydroxyl groups is 1. The van der Waals surface area contributed by atoms with E-state index in [4.69, 9.17) is 5.11 Å². The third-order valence-corrected chi connectivity index (χ3v) is 3.14. The second kappa shape index (κ2) is 7.14. The zero-order valence-corrected chi connectivity index (χ0v) is 10.7. The molecule has 0 atom stereocenters. The lowest BCUT2D eigenvalue weighted by Crippen LogP contribution is -2.34. The first kappa shape index (κ1) is 13.8. The number of thioether (sulfide) groups is 1. The van der Waals surface area contributed by atoms with E-state index in [0.717, 1.165) is 4.90 Å². The van der Waals surface area contributed by atoms with Gasteiger partial charge >= 0.3 is 0 Å². The third-order valence-electron chi connectivity index (χ3n) is 2.34. The highest BCUT2D eigenvalue weighted by Gasteiger charge is 2.16. The van der Waals surface area contributed by atoms with Crippen LogP contribution in [0.5, 0.6) is 0 Å². The minimum atomic E-state index is -0.0658. The van der Waals surface area contributed by atoms with E-state index in [2.05, 4.69) is 6.58 Å². The maximum absolute atomic E-state index is 12.3. The Hall–Kier alpha value is -1.26. The molecule has 4 heteroatoms. The summed E-state index contributed by atoms with van der Waals surface area (Å²) in [6.07, 6.45) is 3.60. The van der Waals surface area contributed by atoms with Gasteiger partial charge in [0.1, 0.15) is 0 Å². The van der Waals surface area contributed by atoms with Crippen LogP contribution in [0.2, 0.25) is 0 Å². The van der Waals surface area contributed by atoms with Crippen molar-refractivity contribution in [3.63, 3.8) is 0 Å². The molecule has 1 aromatic rings. The summed E-state index contributed by atoms with van der Waals surface area (Å²) in [7, 11) is 0. The highest BCUT2D eigenvalue weighted by Crippen LogP contribution is 2.21. The Morgan fingerprint density at radius 1 is 1.53 bits per heavy atom. The number of hydrogen-bond acceptors (Lipinski definition) is 3. The average molecular weight is 251 g/mol. The quantitative estimate of drug-likeness (QED) is 0.621. The van der Waals surface area contributed by atoms with Gasteiger partial charge in [-0.15, -0.1) is 18.3 Å². The standard InChI is InChI=1S/C13H17NO2S/c1-3-8-14(9-10-15)13(16)11-6-4-5-7-12(11)17-2/h3-7,15H,1,8-10H2,2H3. The second-order valence-corrected chi connectivity index (χ2v) is 4.31. The number of rotatable bonds is 6. The predicted octanol–water partition coefficient (Wildman–Crippen LogP) is 2.03. The van der Waals surface area contributed by atoms with Crippen LogP contribution < -0.4 is 0 Å². The van der Waals surface area contributed by atoms with Crippen LogP contribution in [0.4, 0.5) is 0 Å². The van der Waals surface area contributed by atoms with E-state index in [1.807, 2.05) is 30.5 Å². The molecule has 0 aromatic heterocycles. The van der Waals surface area contributed by atoms with Crippen LogP contribution in [0.15, 0.2) is 41.8 Å². The van der Waals surface area contributed by atoms with Gasteiger partial charge in [-0.3, -0.25) is 4.79 Å². The Bertz CT molecular complexity index is 393. The van der Waals surface area contributed by atoms with E-state index in [1.54, 1.807) is 22.7 Å². The van der Waals surface area contributed by atoms with Gasteiger partial charge < -0.3 is 10.0 Å². The van der Waals surface area contributed by atoms with E-state index < -0.39 is 0 Å². The Morgan fingerprint density at radius 2 is 2.24 bits per heavy atom. The molecule has 1 rings (SSSR count). The van der Waals surface area contributed by atoms with Crippen LogP contribution >= 0.6 is 11.8 Å². The highest BCUT2D eigenvalue weighted by atomic mass is 32.2. The van der Waals surface area contributed by atoms with Gasteiger partial charge in [0.15, 0.2) is 0 Å². The number of aliphatic hydroxyl groups excluding tert-OH is 1. The Balaban J connectivity index is 2.95. The fourth-order valence-corrected chi connectivity index (χ4v) is 2.13. The van der Waals surface area contributed by atoms with E-state index in [-0.39, 0.29) is 12.5 Å². The van der Waals surface area contributed by atoms with Crippen molar-refractivity contribution in [1.29, 1.82) is 0 Å². The van der Waals surface area contributed by atoms with E-state index in [1.165, 1.54) is 0 Å². The number of hydrogen-bond donors (Lipinski definition) is 1. The summed E-state index contributed by atoms with van der Waals surface area (Å²) in [6.45, 7) is 4.35. The summed E-state index contributed by atoms with van der Waals surface area (Å²) in [5, 5.41) is 8.95. The van der Waals surface area contributed by atoms with Crippen LogP contribution in [-0.2, 0) is 0 Å². The van der Waals surface area contributed by atoms with Crippen LogP contribution in [0, 0.1) is 0 Å². The number of carbonyl (C=O) groups is 1. The van der Waals surface area contributed by atoms with E-state index in [9.17, 15) is 4.79 Å². The lowest BCUT2D eigenvalue weighted by Gasteiger charge is -2.21. The molecule has 0 aliphatic rings. The van der Waals surface area contributed by atoms with Gasteiger partial charge in [-0.1, -0.05) is 18.2 Å². The Labute approximate surface area is 106 Å². The van der Waals surface area contributed by atoms with Gasteiger partial charge in [0, 0.05) is 18.0 Å². The number of benzene rings is 1. The molecule has 0 fully saturated rings. The summed E-state index contributed by atoms with van der Waals surface area (Å²) >= 11 is 1.54. The molecular formula is C13H17NO2S. The van der Waals surface area contributed by atoms with Gasteiger partial charge in [0.2, 0.25) is 0 Å². The summed E-state index contributed by atoms with van der Waals surface area (Å²) in [4.78, 5) is 14.8. The highest BCUT2D eigenvalue weighted by molar-refractivity contribution is 7.98. The Kier molecular flexibility index (Phi) is 5.80. The minimum absolute atomic E-state index is 0.0407. The van der Waals surface area contributed by atoms with Crippen molar-refractivity contribution in [2.45, 2.75) is 4.90 Å². The molecule has 92 valence electrons. The molecule has 0 aliphatic carbocycles. The zero-order valence-electron chi connectivity index (χ0n) is 9.93. The van der Waals surface area contributed by atoms with Crippen molar-refractivity contribution in [3.8, 4) is 0 Å². The van der Waals surface area contributed by atoms with Crippen LogP contribution in [0.25, 0.3) is 0 Å². The number of nitrogens with zero attached hydrogens (tertiary/aromatic N) is 1. The largest absolute Gasteiger partial charge is 0.395 e. The van der Waals surface area contributed by atoms with Crippen molar-refractivity contribution in [2.75, 3.05) is 26.0 Å². The molecule has 17 heavy (non-hydrogen) atoms. The van der Waals surface area contributed by atoms with E-state index >= 15 is 0 Å². The number of amides is 1. The fraction of sp³-hybridized carbons (Fsp3) is 0.308. The minimum Gasteiger partial charge on any atom is -0.395 e. The average Bonchev–Trinajstić information content (AvgIpc) is 2.37. The number of carbonyl (C=O) groups excluding carboxylic acids is 1. The predicted molar refractivity (Wildman–Crippen MR) is 71.4 cm³/mol. The molecule has 3 nitrogen and oxygen atoms in total. The van der Waals surface area contributed by atoms with Gasteiger partial charge in [0.25, 0.3) is 5.91 Å². The second-order valence-electron chi connectivity index (χ2n) is 3.46. The van der Waals surface area contributed by atoms with Gasteiger partial charge in [-0.05, 0) is 18.4 Å². The zero-order chi connectivity index (χ0) is 12.7. The monoisotopic (exact) mass is 251 g/mol. The molecule has 1 amide bonds. The molecule has 1 aromatic carbocycles. The molecule has 0 aliphatic heterocycles. The lowest BCUT2D eigenvalue weighted by molar-refractivity contribution is 0.0739. The molecule has 0 bridgehead atoms. The fourth-order valence-electron chi connectivity index (χ4n) is 1.54. The molecule has 0 saturated carbocycles. The SMILES string of the molecule is C=CCN(CCO)C(=O)c1ccccc1SC. The van der Waals surface area contributed by atoms with Crippen molar-refractivity contribution in [1.82, 2.24) is 4.90 Å². The molecule has 0 unspecified atom stereocenters. The molecule has 0 spiro atoms. The molecule has 0 heterocycles. The van der Waals surface area contributed by atoms with Gasteiger partial charge in [0.05, 0.1) is 12.2 Å². The summed E-state index contributed by atoms with van der Waals surface area (Å²) in [5.41, 5.74) is 0.676. The maximum Gasteiger partial charge on any atom is 0.255 e. The first-order chi connectivity index (χ1) is 8.24. The summed E-state index contributed by atoms with van der Waals surface area (Å²) in [5.74, 6) is -0.0658. The van der Waals surface area contributed by atoms with Crippen molar-refractivity contribution >= 4 is 17.7 Å². The maximum atomic E-state index is 12.3. The normalized spacial score (nSPS) is 10.0. The topological polar surface area (TPSA) is 40.5 Å². The van der Waals surface area contributed by atoms with Crippen molar-refractivity contribution in [2.24, 2.45) is 0 Å². The summed E-state index contributed by atoms with van der Waals surface area (Å²) < 4.78 is 0. The summed E-state index contributed by atoms with van der Waals surface area (Å²) in [6, 6.07) is 7.48. The first-order valence-electron chi connectivity index (χ1n) is 5.38. The van der Waals surface area contributed by atoms with Gasteiger partial charge in [-0.2, -0.15) is 0 Å². The van der Waals surface area contributed by atoms with Gasteiger partial charge in [-0.25, -0.2) is 0 Å². The van der Waals surface area contributed by atoms with Crippen LogP contribution in [0.1, 0.15) is 10.4 Å². The first-order valence-corrected chi connectivity index (χ1v) is 6.61. The van der Waals surface area contributed by atoms with Crippen LogP contribution in [-0.4, -0.2) is 41.9 Å². The smallest absolute Gasteiger partial charge is 0.255 e. The molecule has 0 radical (unpaired) electrons.